The van der Waals surface area contributed by atoms with Crippen molar-refractivity contribution in [1.82, 2.24) is 4.98 Å². The van der Waals surface area contributed by atoms with E-state index in [2.05, 4.69) is 4.98 Å². The molecule has 0 bridgehead atoms. The molecule has 0 fully saturated rings. The van der Waals surface area contributed by atoms with Gasteiger partial charge in [0.15, 0.2) is 0 Å². The summed E-state index contributed by atoms with van der Waals surface area (Å²) in [5.41, 5.74) is 7.09. The zero-order valence-corrected chi connectivity index (χ0v) is 7.95. The highest BCUT2D eigenvalue weighted by molar-refractivity contribution is 5.81. The Kier molecular flexibility index (Phi) is 3.01. The molecule has 0 aliphatic rings. The zero-order valence-electron chi connectivity index (χ0n) is 7.95. The fourth-order valence-electron chi connectivity index (χ4n) is 1.39. The second-order valence-electron chi connectivity index (χ2n) is 3.07. The van der Waals surface area contributed by atoms with E-state index in [1.54, 1.807) is 6.20 Å². The van der Waals surface area contributed by atoms with Crippen molar-refractivity contribution in [3.63, 3.8) is 0 Å². The molecule has 0 aromatic carbocycles. The van der Waals surface area contributed by atoms with Gasteiger partial charge in [-0.25, -0.2) is 0 Å². The Morgan fingerprint density at radius 3 is 2.85 bits per heavy atom. The molecule has 1 amide bonds. The molecule has 1 unspecified atom stereocenters. The van der Waals surface area contributed by atoms with Crippen molar-refractivity contribution in [1.29, 1.82) is 0 Å². The molecule has 1 aromatic heterocycles. The Hall–Kier alpha value is -1.38. The summed E-state index contributed by atoms with van der Waals surface area (Å²) >= 11 is 0. The molecular weight excluding hydrogens is 164 g/mol. The van der Waals surface area contributed by atoms with Gasteiger partial charge < -0.3 is 5.73 Å². The fraction of sp³-hybridized carbons (Fsp3) is 0.400. The Morgan fingerprint density at radius 2 is 2.38 bits per heavy atom. The van der Waals surface area contributed by atoms with Crippen LogP contribution in [0.4, 0.5) is 0 Å². The SMILES string of the molecule is CCC(C(N)=O)c1ncccc1C. The van der Waals surface area contributed by atoms with E-state index in [0.717, 1.165) is 11.3 Å². The van der Waals surface area contributed by atoms with Crippen LogP contribution >= 0.6 is 0 Å². The first-order valence-corrected chi connectivity index (χ1v) is 4.37. The molecule has 0 radical (unpaired) electrons. The number of hydrogen-bond acceptors (Lipinski definition) is 2. The van der Waals surface area contributed by atoms with Crippen molar-refractivity contribution in [3.8, 4) is 0 Å². The molecule has 1 heterocycles. The second kappa shape index (κ2) is 4.03. The van der Waals surface area contributed by atoms with Crippen molar-refractivity contribution in [2.75, 3.05) is 0 Å². The third-order valence-electron chi connectivity index (χ3n) is 2.13. The Bertz CT molecular complexity index is 310. The van der Waals surface area contributed by atoms with Gasteiger partial charge >= 0.3 is 0 Å². The lowest BCUT2D eigenvalue weighted by atomic mass is 9.98. The maximum Gasteiger partial charge on any atom is 0.226 e. The van der Waals surface area contributed by atoms with E-state index in [1.807, 2.05) is 26.0 Å². The van der Waals surface area contributed by atoms with Crippen molar-refractivity contribution < 1.29 is 4.79 Å². The van der Waals surface area contributed by atoms with Crippen molar-refractivity contribution >= 4 is 5.91 Å². The fourth-order valence-corrected chi connectivity index (χ4v) is 1.39. The van der Waals surface area contributed by atoms with Crippen molar-refractivity contribution in [2.45, 2.75) is 26.2 Å². The molecule has 0 aliphatic heterocycles. The maximum absolute atomic E-state index is 11.1. The average Bonchev–Trinajstić information content (AvgIpc) is 2.09. The number of carbonyl (C=O) groups excluding carboxylic acids is 1. The van der Waals surface area contributed by atoms with E-state index in [4.69, 9.17) is 5.73 Å². The van der Waals surface area contributed by atoms with Crippen LogP contribution < -0.4 is 5.73 Å². The molecule has 70 valence electrons. The molecular formula is C10H14N2O. The van der Waals surface area contributed by atoms with Gasteiger partial charge in [0, 0.05) is 6.20 Å². The number of nitrogens with two attached hydrogens (primary N) is 1. The van der Waals surface area contributed by atoms with Gasteiger partial charge in [-0.2, -0.15) is 0 Å². The van der Waals surface area contributed by atoms with E-state index in [9.17, 15) is 4.79 Å². The van der Waals surface area contributed by atoms with E-state index < -0.39 is 0 Å². The number of rotatable bonds is 3. The molecule has 0 saturated heterocycles. The van der Waals surface area contributed by atoms with Crippen LogP contribution in [0.3, 0.4) is 0 Å². The smallest absolute Gasteiger partial charge is 0.226 e. The first-order valence-electron chi connectivity index (χ1n) is 4.37. The highest BCUT2D eigenvalue weighted by atomic mass is 16.1. The minimum atomic E-state index is -0.302. The monoisotopic (exact) mass is 178 g/mol. The summed E-state index contributed by atoms with van der Waals surface area (Å²) in [7, 11) is 0. The minimum Gasteiger partial charge on any atom is -0.369 e. The average molecular weight is 178 g/mol. The van der Waals surface area contributed by atoms with Crippen molar-refractivity contribution in [3.05, 3.63) is 29.6 Å². The summed E-state index contributed by atoms with van der Waals surface area (Å²) < 4.78 is 0. The highest BCUT2D eigenvalue weighted by Crippen LogP contribution is 2.19. The summed E-state index contributed by atoms with van der Waals surface area (Å²) in [6, 6.07) is 3.79. The summed E-state index contributed by atoms with van der Waals surface area (Å²) in [5.74, 6) is -0.550. The summed E-state index contributed by atoms with van der Waals surface area (Å²) in [5, 5.41) is 0. The number of carbonyl (C=O) groups is 1. The van der Waals surface area contributed by atoms with Crippen LogP contribution in [0.1, 0.15) is 30.5 Å². The number of aromatic nitrogens is 1. The van der Waals surface area contributed by atoms with Crippen LogP contribution in [0.25, 0.3) is 0 Å². The lowest BCUT2D eigenvalue weighted by Crippen LogP contribution is -2.22. The molecule has 0 aliphatic carbocycles. The van der Waals surface area contributed by atoms with Gasteiger partial charge in [-0.3, -0.25) is 9.78 Å². The predicted octanol–water partition coefficient (Wildman–Crippen LogP) is 1.37. The van der Waals surface area contributed by atoms with E-state index in [1.165, 1.54) is 0 Å². The van der Waals surface area contributed by atoms with Crippen LogP contribution in [-0.4, -0.2) is 10.9 Å². The van der Waals surface area contributed by atoms with Gasteiger partial charge in [0.1, 0.15) is 0 Å². The molecule has 3 nitrogen and oxygen atoms in total. The first kappa shape index (κ1) is 9.71. The summed E-state index contributed by atoms with van der Waals surface area (Å²) in [6.45, 7) is 3.87. The molecule has 2 N–H and O–H groups in total. The van der Waals surface area contributed by atoms with Gasteiger partial charge in [0.25, 0.3) is 0 Å². The van der Waals surface area contributed by atoms with Gasteiger partial charge in [-0.15, -0.1) is 0 Å². The Balaban J connectivity index is 3.04. The summed E-state index contributed by atoms with van der Waals surface area (Å²) in [4.78, 5) is 15.2. The van der Waals surface area contributed by atoms with Crippen LogP contribution in [0, 0.1) is 6.92 Å². The van der Waals surface area contributed by atoms with Crippen LogP contribution in [-0.2, 0) is 4.79 Å². The van der Waals surface area contributed by atoms with Gasteiger partial charge in [0.2, 0.25) is 5.91 Å². The largest absolute Gasteiger partial charge is 0.369 e. The number of primary amides is 1. The number of hydrogen-bond donors (Lipinski definition) is 1. The highest BCUT2D eigenvalue weighted by Gasteiger charge is 2.18. The lowest BCUT2D eigenvalue weighted by Gasteiger charge is -2.11. The molecule has 0 saturated carbocycles. The van der Waals surface area contributed by atoms with Gasteiger partial charge in [0.05, 0.1) is 11.6 Å². The van der Waals surface area contributed by atoms with E-state index in [0.29, 0.717) is 6.42 Å². The van der Waals surface area contributed by atoms with Crippen LogP contribution in [0.5, 0.6) is 0 Å². The first-order chi connectivity index (χ1) is 6.16. The third kappa shape index (κ3) is 2.05. The normalized spacial score (nSPS) is 12.5. The number of nitrogens with zero attached hydrogens (tertiary/aromatic N) is 1. The zero-order chi connectivity index (χ0) is 9.84. The molecule has 3 heteroatoms. The molecule has 0 spiro atoms. The van der Waals surface area contributed by atoms with Crippen molar-refractivity contribution in [2.24, 2.45) is 5.73 Å². The second-order valence-corrected chi connectivity index (χ2v) is 3.07. The van der Waals surface area contributed by atoms with Gasteiger partial charge in [-0.1, -0.05) is 13.0 Å². The Labute approximate surface area is 78.0 Å². The third-order valence-corrected chi connectivity index (χ3v) is 2.13. The molecule has 1 atom stereocenters. The molecule has 1 aromatic rings. The topological polar surface area (TPSA) is 56.0 Å². The minimum absolute atomic E-state index is 0.249. The van der Waals surface area contributed by atoms with E-state index >= 15 is 0 Å². The lowest BCUT2D eigenvalue weighted by molar-refractivity contribution is -0.119. The van der Waals surface area contributed by atoms with E-state index in [-0.39, 0.29) is 11.8 Å². The number of amides is 1. The number of aryl methyl sites for hydroxylation is 1. The standard InChI is InChI=1S/C10H14N2O/c1-3-8(10(11)13)9-7(2)5-4-6-12-9/h4-6,8H,3H2,1-2H3,(H2,11,13). The quantitative estimate of drug-likeness (QED) is 0.760. The predicted molar refractivity (Wildman–Crippen MR) is 51.2 cm³/mol. The summed E-state index contributed by atoms with van der Waals surface area (Å²) in [6.07, 6.45) is 2.39. The number of pyridine rings is 1. The molecule has 13 heavy (non-hydrogen) atoms. The van der Waals surface area contributed by atoms with Crippen LogP contribution in [0.15, 0.2) is 18.3 Å². The van der Waals surface area contributed by atoms with Crippen LogP contribution in [0.2, 0.25) is 0 Å². The maximum atomic E-state index is 11.1. The Morgan fingerprint density at radius 1 is 1.69 bits per heavy atom. The van der Waals surface area contributed by atoms with Gasteiger partial charge in [-0.05, 0) is 25.0 Å². The molecule has 1 rings (SSSR count).